The topological polar surface area (TPSA) is 54.3 Å². The van der Waals surface area contributed by atoms with E-state index in [4.69, 9.17) is 0 Å². The van der Waals surface area contributed by atoms with E-state index in [2.05, 4.69) is 34.5 Å². The molecule has 0 saturated carbocycles. The van der Waals surface area contributed by atoms with Crippen LogP contribution < -0.4 is 10.2 Å². The summed E-state index contributed by atoms with van der Waals surface area (Å²) in [7, 11) is 0. The van der Waals surface area contributed by atoms with Gasteiger partial charge in [-0.1, -0.05) is 41.7 Å². The van der Waals surface area contributed by atoms with Crippen molar-refractivity contribution in [3.63, 3.8) is 0 Å². The maximum Gasteiger partial charge on any atom is 0.307 e. The molecule has 1 aliphatic rings. The zero-order valence-electron chi connectivity index (χ0n) is 13.9. The molecule has 1 aliphatic heterocycles. The third kappa shape index (κ3) is 4.33. The Labute approximate surface area is 145 Å². The summed E-state index contributed by atoms with van der Waals surface area (Å²) in [4.78, 5) is 26.2. The quantitative estimate of drug-likeness (QED) is 0.871. The number of aryl methyl sites for hydroxylation is 1. The zero-order valence-corrected chi connectivity index (χ0v) is 14.7. The molecule has 2 aromatic rings. The Hall–Kier alpha value is -1.92. The molecule has 1 amide bonds. The van der Waals surface area contributed by atoms with Crippen LogP contribution in [0.4, 0.5) is 0 Å². The van der Waals surface area contributed by atoms with Crippen molar-refractivity contribution in [2.75, 3.05) is 13.1 Å². The van der Waals surface area contributed by atoms with E-state index in [-0.39, 0.29) is 16.8 Å². The minimum absolute atomic E-state index is 0.00945. The third-order valence-corrected chi connectivity index (χ3v) is 5.31. The number of nitrogens with zero attached hydrogens (tertiary/aromatic N) is 2. The number of benzene rings is 1. The SMILES string of the molecule is Cc1csc(=O)n1CCC(=O)N[C@@H]1CCN(Cc2ccccc2)C1. The maximum absolute atomic E-state index is 12.1. The first-order valence-electron chi connectivity index (χ1n) is 8.32. The highest BCUT2D eigenvalue weighted by molar-refractivity contribution is 7.07. The Morgan fingerprint density at radius 1 is 1.33 bits per heavy atom. The second kappa shape index (κ2) is 7.77. The van der Waals surface area contributed by atoms with Gasteiger partial charge in [0.15, 0.2) is 0 Å². The lowest BCUT2D eigenvalue weighted by Crippen LogP contribution is -2.37. The lowest BCUT2D eigenvalue weighted by Gasteiger charge is -2.17. The van der Waals surface area contributed by atoms with Crippen LogP contribution in [0.15, 0.2) is 40.5 Å². The molecular formula is C18H23N3O2S. The van der Waals surface area contributed by atoms with Gasteiger partial charge < -0.3 is 9.88 Å². The summed E-state index contributed by atoms with van der Waals surface area (Å²) < 4.78 is 1.67. The van der Waals surface area contributed by atoms with Crippen LogP contribution in [0, 0.1) is 6.92 Å². The number of thiazole rings is 1. The fourth-order valence-corrected chi connectivity index (χ4v) is 3.88. The first-order chi connectivity index (χ1) is 11.6. The van der Waals surface area contributed by atoms with E-state index in [1.54, 1.807) is 4.57 Å². The Balaban J connectivity index is 1.43. The number of hydrogen-bond donors (Lipinski definition) is 1. The van der Waals surface area contributed by atoms with Crippen molar-refractivity contribution >= 4 is 17.2 Å². The molecule has 1 atom stereocenters. The van der Waals surface area contributed by atoms with Crippen LogP contribution in [-0.2, 0) is 17.9 Å². The second-order valence-corrected chi connectivity index (χ2v) is 7.14. The summed E-state index contributed by atoms with van der Waals surface area (Å²) in [6, 6.07) is 10.6. The van der Waals surface area contributed by atoms with Gasteiger partial charge in [0.1, 0.15) is 0 Å². The van der Waals surface area contributed by atoms with E-state index in [0.717, 1.165) is 31.7 Å². The van der Waals surface area contributed by atoms with Crippen LogP contribution in [0.2, 0.25) is 0 Å². The van der Waals surface area contributed by atoms with Gasteiger partial charge in [0.2, 0.25) is 5.91 Å². The largest absolute Gasteiger partial charge is 0.352 e. The molecule has 0 radical (unpaired) electrons. The molecule has 0 aliphatic carbocycles. The van der Waals surface area contributed by atoms with E-state index in [1.165, 1.54) is 16.9 Å². The van der Waals surface area contributed by atoms with Gasteiger partial charge in [-0.25, -0.2) is 0 Å². The molecular weight excluding hydrogens is 322 g/mol. The Kier molecular flexibility index (Phi) is 5.48. The van der Waals surface area contributed by atoms with E-state index in [9.17, 15) is 9.59 Å². The Morgan fingerprint density at radius 2 is 2.12 bits per heavy atom. The molecule has 1 N–H and O–H groups in total. The monoisotopic (exact) mass is 345 g/mol. The van der Waals surface area contributed by atoms with E-state index < -0.39 is 0 Å². The molecule has 1 aromatic heterocycles. The molecule has 0 bridgehead atoms. The van der Waals surface area contributed by atoms with Crippen molar-refractivity contribution in [3.05, 3.63) is 56.6 Å². The number of likely N-dealkylation sites (tertiary alicyclic amines) is 1. The molecule has 3 rings (SSSR count). The highest BCUT2D eigenvalue weighted by Gasteiger charge is 2.23. The van der Waals surface area contributed by atoms with Crippen LogP contribution in [-0.4, -0.2) is 34.5 Å². The van der Waals surface area contributed by atoms with Crippen LogP contribution in [0.5, 0.6) is 0 Å². The van der Waals surface area contributed by atoms with Crippen LogP contribution >= 0.6 is 11.3 Å². The molecule has 1 fully saturated rings. The van der Waals surface area contributed by atoms with Gasteiger partial charge in [0.05, 0.1) is 0 Å². The van der Waals surface area contributed by atoms with E-state index >= 15 is 0 Å². The number of amides is 1. The van der Waals surface area contributed by atoms with Crippen molar-refractivity contribution in [1.82, 2.24) is 14.8 Å². The molecule has 1 aromatic carbocycles. The number of hydrogen-bond acceptors (Lipinski definition) is 4. The number of nitrogens with one attached hydrogen (secondary N) is 1. The molecule has 24 heavy (non-hydrogen) atoms. The van der Waals surface area contributed by atoms with Gasteiger partial charge in [-0.2, -0.15) is 0 Å². The number of rotatable bonds is 6. The first-order valence-corrected chi connectivity index (χ1v) is 9.20. The minimum atomic E-state index is 0.00945. The number of carbonyl (C=O) groups excluding carboxylic acids is 1. The standard InChI is InChI=1S/C18H23N3O2S/c1-14-13-24-18(23)21(14)10-8-17(22)19-16-7-9-20(12-16)11-15-5-3-2-4-6-15/h2-6,13,16H,7-12H2,1H3,(H,19,22)/t16-/m1/s1. The van der Waals surface area contributed by atoms with Crippen LogP contribution in [0.3, 0.4) is 0 Å². The number of carbonyl (C=O) groups is 1. The van der Waals surface area contributed by atoms with Crippen LogP contribution in [0.25, 0.3) is 0 Å². The van der Waals surface area contributed by atoms with Crippen molar-refractivity contribution in [2.45, 2.75) is 38.9 Å². The predicted molar refractivity (Wildman–Crippen MR) is 96.2 cm³/mol. The average Bonchev–Trinajstić information content (AvgIpc) is 3.13. The fraction of sp³-hybridized carbons (Fsp3) is 0.444. The number of aromatic nitrogens is 1. The lowest BCUT2D eigenvalue weighted by molar-refractivity contribution is -0.121. The molecule has 2 heterocycles. The summed E-state index contributed by atoms with van der Waals surface area (Å²) in [5.41, 5.74) is 2.23. The molecule has 128 valence electrons. The van der Waals surface area contributed by atoms with Gasteiger partial charge in [-0.05, 0) is 18.9 Å². The highest BCUT2D eigenvalue weighted by atomic mass is 32.1. The Morgan fingerprint density at radius 3 is 2.83 bits per heavy atom. The maximum atomic E-state index is 12.1. The van der Waals surface area contributed by atoms with E-state index in [0.29, 0.717) is 13.0 Å². The molecule has 0 spiro atoms. The van der Waals surface area contributed by atoms with Crippen LogP contribution in [0.1, 0.15) is 24.1 Å². The first kappa shape index (κ1) is 16.9. The van der Waals surface area contributed by atoms with Gasteiger partial charge in [0.25, 0.3) is 0 Å². The van der Waals surface area contributed by atoms with Crippen molar-refractivity contribution in [1.29, 1.82) is 0 Å². The van der Waals surface area contributed by atoms with Gasteiger partial charge >= 0.3 is 4.87 Å². The smallest absolute Gasteiger partial charge is 0.307 e. The van der Waals surface area contributed by atoms with Crippen molar-refractivity contribution in [2.24, 2.45) is 0 Å². The lowest BCUT2D eigenvalue weighted by atomic mass is 10.2. The highest BCUT2D eigenvalue weighted by Crippen LogP contribution is 2.13. The fourth-order valence-electron chi connectivity index (χ4n) is 3.12. The zero-order chi connectivity index (χ0) is 16.9. The summed E-state index contributed by atoms with van der Waals surface area (Å²) >= 11 is 1.19. The van der Waals surface area contributed by atoms with Gasteiger partial charge in [0, 0.05) is 49.7 Å². The van der Waals surface area contributed by atoms with Crippen molar-refractivity contribution in [3.8, 4) is 0 Å². The normalized spacial score (nSPS) is 18.0. The molecule has 0 unspecified atom stereocenters. The average molecular weight is 345 g/mol. The minimum Gasteiger partial charge on any atom is -0.352 e. The molecule has 1 saturated heterocycles. The summed E-state index contributed by atoms with van der Waals surface area (Å²) in [6.07, 6.45) is 1.34. The van der Waals surface area contributed by atoms with Gasteiger partial charge in [-0.3, -0.25) is 14.5 Å². The van der Waals surface area contributed by atoms with E-state index in [1.807, 2.05) is 18.4 Å². The Bertz CT molecular complexity index is 738. The predicted octanol–water partition coefficient (Wildman–Crippen LogP) is 2.00. The third-order valence-electron chi connectivity index (χ3n) is 4.43. The second-order valence-electron chi connectivity index (χ2n) is 6.32. The van der Waals surface area contributed by atoms with Gasteiger partial charge in [-0.15, -0.1) is 0 Å². The van der Waals surface area contributed by atoms with Crippen molar-refractivity contribution < 1.29 is 4.79 Å². The summed E-state index contributed by atoms with van der Waals surface area (Å²) in [6.45, 7) is 5.17. The molecule has 6 heteroatoms. The summed E-state index contributed by atoms with van der Waals surface area (Å²) in [5, 5.41) is 4.94. The molecule has 5 nitrogen and oxygen atoms in total. The summed E-state index contributed by atoms with van der Waals surface area (Å²) in [5.74, 6) is 0.0269.